The van der Waals surface area contributed by atoms with Crippen LogP contribution in [0.25, 0.3) is 0 Å². The molecular weight excluding hydrogens is 269 g/mol. The number of alkyl halides is 4. The fourth-order valence-corrected chi connectivity index (χ4v) is 1.31. The number of carboxylic acid groups (broad SMARTS) is 1. The van der Waals surface area contributed by atoms with Gasteiger partial charge in [-0.2, -0.15) is 13.2 Å². The van der Waals surface area contributed by atoms with Crippen molar-refractivity contribution < 1.29 is 23.1 Å². The zero-order valence-corrected chi connectivity index (χ0v) is 9.77. The standard InChI is InChI=1S/C12H8ClF3O2/c13-6-2-1-3-8-7-9(12(14,15)16)4-5-10(8)11(17)18/h4-5,7H,2,6H2,(H,17,18). The van der Waals surface area contributed by atoms with Gasteiger partial charge in [0.15, 0.2) is 0 Å². The molecule has 1 N–H and O–H groups in total. The summed E-state index contributed by atoms with van der Waals surface area (Å²) in [6, 6.07) is 2.34. The summed E-state index contributed by atoms with van der Waals surface area (Å²) in [4.78, 5) is 10.8. The van der Waals surface area contributed by atoms with Crippen LogP contribution < -0.4 is 0 Å². The predicted molar refractivity (Wildman–Crippen MR) is 60.6 cm³/mol. The van der Waals surface area contributed by atoms with E-state index in [2.05, 4.69) is 11.8 Å². The minimum absolute atomic E-state index is 0.164. The zero-order valence-electron chi connectivity index (χ0n) is 9.01. The van der Waals surface area contributed by atoms with E-state index in [4.69, 9.17) is 16.7 Å². The van der Waals surface area contributed by atoms with Gasteiger partial charge in [0, 0.05) is 17.9 Å². The Balaban J connectivity index is 3.26. The number of rotatable bonds is 2. The molecule has 1 rings (SSSR count). The number of hydrogen-bond donors (Lipinski definition) is 1. The van der Waals surface area contributed by atoms with Crippen molar-refractivity contribution in [2.45, 2.75) is 12.6 Å². The first-order valence-corrected chi connectivity index (χ1v) is 5.39. The van der Waals surface area contributed by atoms with Gasteiger partial charge in [0.25, 0.3) is 0 Å². The van der Waals surface area contributed by atoms with Gasteiger partial charge in [0.1, 0.15) is 0 Å². The monoisotopic (exact) mass is 276 g/mol. The second-order valence-electron chi connectivity index (χ2n) is 3.30. The first-order valence-electron chi connectivity index (χ1n) is 4.85. The predicted octanol–water partition coefficient (Wildman–Crippen LogP) is 3.38. The molecule has 0 unspecified atom stereocenters. The normalized spacial score (nSPS) is 10.7. The minimum atomic E-state index is -4.53. The van der Waals surface area contributed by atoms with Crippen molar-refractivity contribution in [3.63, 3.8) is 0 Å². The smallest absolute Gasteiger partial charge is 0.416 e. The first-order chi connectivity index (χ1) is 8.36. The van der Waals surface area contributed by atoms with Crippen LogP contribution >= 0.6 is 11.6 Å². The van der Waals surface area contributed by atoms with Gasteiger partial charge in [-0.1, -0.05) is 11.8 Å². The number of hydrogen-bond acceptors (Lipinski definition) is 1. The van der Waals surface area contributed by atoms with Crippen molar-refractivity contribution in [1.82, 2.24) is 0 Å². The SMILES string of the molecule is O=C(O)c1ccc(C(F)(F)F)cc1C#CCCCl. The maximum Gasteiger partial charge on any atom is 0.416 e. The van der Waals surface area contributed by atoms with Gasteiger partial charge >= 0.3 is 12.1 Å². The molecule has 0 fully saturated rings. The summed E-state index contributed by atoms with van der Waals surface area (Å²) in [6.07, 6.45) is -4.25. The zero-order chi connectivity index (χ0) is 13.8. The van der Waals surface area contributed by atoms with Gasteiger partial charge in [0.05, 0.1) is 11.1 Å². The minimum Gasteiger partial charge on any atom is -0.478 e. The Morgan fingerprint density at radius 1 is 1.39 bits per heavy atom. The molecule has 18 heavy (non-hydrogen) atoms. The summed E-state index contributed by atoms with van der Waals surface area (Å²) >= 11 is 5.38. The summed E-state index contributed by atoms with van der Waals surface area (Å²) in [6.45, 7) is 0. The maximum atomic E-state index is 12.5. The average Bonchev–Trinajstić information content (AvgIpc) is 2.27. The number of benzene rings is 1. The summed E-state index contributed by atoms with van der Waals surface area (Å²) in [5.74, 6) is 3.82. The van der Waals surface area contributed by atoms with Crippen LogP contribution in [-0.2, 0) is 6.18 Å². The van der Waals surface area contributed by atoms with E-state index in [-0.39, 0.29) is 23.4 Å². The molecule has 0 aliphatic heterocycles. The highest BCUT2D eigenvalue weighted by atomic mass is 35.5. The van der Waals surface area contributed by atoms with Gasteiger partial charge in [-0.15, -0.1) is 11.6 Å². The van der Waals surface area contributed by atoms with E-state index in [0.29, 0.717) is 0 Å². The molecule has 0 bridgehead atoms. The second kappa shape index (κ2) is 5.78. The van der Waals surface area contributed by atoms with E-state index in [1.807, 2.05) is 0 Å². The van der Waals surface area contributed by atoms with E-state index < -0.39 is 17.7 Å². The van der Waals surface area contributed by atoms with Gasteiger partial charge in [0.2, 0.25) is 0 Å². The number of halogens is 4. The summed E-state index contributed by atoms with van der Waals surface area (Å²) in [5, 5.41) is 8.84. The molecule has 2 nitrogen and oxygen atoms in total. The van der Waals surface area contributed by atoms with E-state index in [1.165, 1.54) is 0 Å². The van der Waals surface area contributed by atoms with Crippen molar-refractivity contribution in [3.05, 3.63) is 34.9 Å². The highest BCUT2D eigenvalue weighted by molar-refractivity contribution is 6.18. The third-order valence-electron chi connectivity index (χ3n) is 2.02. The number of carbonyl (C=O) groups is 1. The largest absolute Gasteiger partial charge is 0.478 e. The Labute approximate surface area is 106 Å². The van der Waals surface area contributed by atoms with E-state index in [1.54, 1.807) is 0 Å². The Bertz CT molecular complexity index is 512. The molecule has 6 heteroatoms. The average molecular weight is 277 g/mol. The topological polar surface area (TPSA) is 37.3 Å². The van der Waals surface area contributed by atoms with Gasteiger partial charge in [-0.25, -0.2) is 4.79 Å². The van der Waals surface area contributed by atoms with Gasteiger partial charge < -0.3 is 5.11 Å². The van der Waals surface area contributed by atoms with Crippen molar-refractivity contribution in [3.8, 4) is 11.8 Å². The maximum absolute atomic E-state index is 12.5. The molecule has 0 atom stereocenters. The molecule has 96 valence electrons. The molecule has 0 spiro atoms. The van der Waals surface area contributed by atoms with E-state index in [0.717, 1.165) is 18.2 Å². The fourth-order valence-electron chi connectivity index (χ4n) is 1.22. The molecule has 0 aliphatic rings. The lowest BCUT2D eigenvalue weighted by molar-refractivity contribution is -0.137. The molecule has 0 aliphatic carbocycles. The number of aromatic carboxylic acids is 1. The Morgan fingerprint density at radius 3 is 2.56 bits per heavy atom. The highest BCUT2D eigenvalue weighted by Gasteiger charge is 2.31. The molecule has 0 saturated heterocycles. The van der Waals surface area contributed by atoms with E-state index >= 15 is 0 Å². The Kier molecular flexibility index (Phi) is 4.62. The second-order valence-corrected chi connectivity index (χ2v) is 3.68. The molecule has 0 aromatic heterocycles. The van der Waals surface area contributed by atoms with Crippen LogP contribution in [0.1, 0.15) is 27.9 Å². The van der Waals surface area contributed by atoms with Crippen LogP contribution in [0.15, 0.2) is 18.2 Å². The summed E-state index contributed by atoms with van der Waals surface area (Å²) < 4.78 is 37.4. The van der Waals surface area contributed by atoms with Crippen LogP contribution in [0.2, 0.25) is 0 Å². The molecule has 0 heterocycles. The third-order valence-corrected chi connectivity index (χ3v) is 2.21. The Hall–Kier alpha value is -1.67. The van der Waals surface area contributed by atoms with Crippen molar-refractivity contribution in [2.75, 3.05) is 5.88 Å². The van der Waals surface area contributed by atoms with Crippen molar-refractivity contribution >= 4 is 17.6 Å². The Morgan fingerprint density at radius 2 is 2.06 bits per heavy atom. The molecule has 1 aromatic rings. The fraction of sp³-hybridized carbons (Fsp3) is 0.250. The molecular formula is C12H8ClF3O2. The number of carboxylic acids is 1. The van der Waals surface area contributed by atoms with Crippen LogP contribution in [0.5, 0.6) is 0 Å². The lowest BCUT2D eigenvalue weighted by Crippen LogP contribution is -2.08. The van der Waals surface area contributed by atoms with Crippen LogP contribution in [-0.4, -0.2) is 17.0 Å². The van der Waals surface area contributed by atoms with Crippen molar-refractivity contribution in [1.29, 1.82) is 0 Å². The molecule has 1 aromatic carbocycles. The van der Waals surface area contributed by atoms with Crippen LogP contribution in [0.3, 0.4) is 0 Å². The molecule has 0 saturated carbocycles. The molecule has 0 radical (unpaired) electrons. The van der Waals surface area contributed by atoms with Gasteiger partial charge in [-0.3, -0.25) is 0 Å². The lowest BCUT2D eigenvalue weighted by atomic mass is 10.0. The first kappa shape index (κ1) is 14.4. The van der Waals surface area contributed by atoms with Crippen LogP contribution in [0.4, 0.5) is 13.2 Å². The quantitative estimate of drug-likeness (QED) is 0.664. The molecule has 0 amide bonds. The summed E-state index contributed by atoms with van der Waals surface area (Å²) in [5.41, 5.74) is -1.35. The summed E-state index contributed by atoms with van der Waals surface area (Å²) in [7, 11) is 0. The third kappa shape index (κ3) is 3.67. The lowest BCUT2D eigenvalue weighted by Gasteiger charge is -2.08. The highest BCUT2D eigenvalue weighted by Crippen LogP contribution is 2.30. The van der Waals surface area contributed by atoms with Gasteiger partial charge in [-0.05, 0) is 18.2 Å². The van der Waals surface area contributed by atoms with Crippen molar-refractivity contribution in [2.24, 2.45) is 0 Å². The van der Waals surface area contributed by atoms with E-state index in [9.17, 15) is 18.0 Å². The van der Waals surface area contributed by atoms with Crippen LogP contribution in [0, 0.1) is 11.8 Å².